The zero-order valence-corrected chi connectivity index (χ0v) is 16.1. The fourth-order valence-corrected chi connectivity index (χ4v) is 3.46. The van der Waals surface area contributed by atoms with Crippen LogP contribution in [0.5, 0.6) is 5.75 Å². The average molecular weight is 385 g/mol. The second-order valence-electron chi connectivity index (χ2n) is 6.52. The summed E-state index contributed by atoms with van der Waals surface area (Å²) in [4.78, 5) is 25.4. The maximum atomic E-state index is 13.2. The van der Waals surface area contributed by atoms with E-state index in [2.05, 4.69) is 5.32 Å². The third-order valence-corrected chi connectivity index (χ3v) is 4.89. The number of nitrogens with one attached hydrogen (secondary N) is 1. The summed E-state index contributed by atoms with van der Waals surface area (Å²) < 4.78 is 10.1. The monoisotopic (exact) mass is 385 g/mol. The van der Waals surface area contributed by atoms with Crippen LogP contribution in [0.15, 0.2) is 72.8 Å². The molecule has 1 aliphatic rings. The Balaban J connectivity index is 1.87. The van der Waals surface area contributed by atoms with E-state index < -0.39 is 5.97 Å². The Kier molecular flexibility index (Phi) is 4.87. The molecule has 0 bridgehead atoms. The van der Waals surface area contributed by atoms with Crippen molar-refractivity contribution in [2.75, 3.05) is 19.5 Å². The second-order valence-corrected chi connectivity index (χ2v) is 6.52. The van der Waals surface area contributed by atoms with Crippen molar-refractivity contribution in [3.8, 4) is 5.75 Å². The van der Waals surface area contributed by atoms with Gasteiger partial charge >= 0.3 is 5.97 Å². The lowest BCUT2D eigenvalue weighted by Crippen LogP contribution is -2.08. The van der Waals surface area contributed by atoms with Crippen molar-refractivity contribution in [1.82, 2.24) is 0 Å². The number of anilines is 1. The van der Waals surface area contributed by atoms with Crippen molar-refractivity contribution in [2.24, 2.45) is 0 Å². The molecule has 0 heterocycles. The molecule has 0 spiro atoms. The first-order valence-electron chi connectivity index (χ1n) is 9.11. The van der Waals surface area contributed by atoms with E-state index in [0.717, 1.165) is 11.1 Å². The van der Waals surface area contributed by atoms with Gasteiger partial charge in [-0.1, -0.05) is 48.5 Å². The molecule has 1 N–H and O–H groups in total. The number of Topliss-reactive ketones (excluding diaryl/α,β-unsaturated/α-hetero) is 1. The first-order valence-corrected chi connectivity index (χ1v) is 9.11. The summed E-state index contributed by atoms with van der Waals surface area (Å²) in [5.41, 5.74) is 4.36. The minimum Gasteiger partial charge on any atom is -0.497 e. The smallest absolute Gasteiger partial charge is 0.339 e. The Morgan fingerprint density at radius 2 is 1.48 bits per heavy atom. The summed E-state index contributed by atoms with van der Waals surface area (Å²) in [5.74, 6) is 0.198. The van der Waals surface area contributed by atoms with Gasteiger partial charge in [-0.15, -0.1) is 0 Å². The molecule has 0 aliphatic heterocycles. The van der Waals surface area contributed by atoms with Gasteiger partial charge in [-0.25, -0.2) is 4.79 Å². The van der Waals surface area contributed by atoms with Crippen molar-refractivity contribution in [1.29, 1.82) is 0 Å². The molecule has 4 rings (SSSR count). The van der Waals surface area contributed by atoms with Crippen LogP contribution in [0.25, 0.3) is 11.3 Å². The molecule has 3 aromatic rings. The van der Waals surface area contributed by atoms with Gasteiger partial charge in [0.05, 0.1) is 36.7 Å². The van der Waals surface area contributed by atoms with Gasteiger partial charge in [-0.3, -0.25) is 4.79 Å². The SMILES string of the molecule is COC(=O)c1ccccc1NC1=C(c2ccc(OC)cc2)C(=O)c2ccccc21. The minimum atomic E-state index is -0.447. The number of fused-ring (bicyclic) bond motifs is 1. The summed E-state index contributed by atoms with van der Waals surface area (Å²) in [7, 11) is 2.94. The molecular formula is C24H19NO4. The van der Waals surface area contributed by atoms with Crippen molar-refractivity contribution < 1.29 is 19.1 Å². The van der Waals surface area contributed by atoms with Crippen molar-refractivity contribution in [2.45, 2.75) is 0 Å². The highest BCUT2D eigenvalue weighted by Gasteiger charge is 2.31. The van der Waals surface area contributed by atoms with Crippen molar-refractivity contribution in [3.05, 3.63) is 95.1 Å². The number of allylic oxidation sites excluding steroid dienone is 1. The van der Waals surface area contributed by atoms with Crippen LogP contribution >= 0.6 is 0 Å². The van der Waals surface area contributed by atoms with E-state index in [9.17, 15) is 9.59 Å². The summed E-state index contributed by atoms with van der Waals surface area (Å²) in [6.07, 6.45) is 0. The van der Waals surface area contributed by atoms with E-state index in [4.69, 9.17) is 9.47 Å². The van der Waals surface area contributed by atoms with E-state index in [1.54, 1.807) is 25.3 Å². The van der Waals surface area contributed by atoms with E-state index >= 15 is 0 Å². The number of hydrogen-bond donors (Lipinski definition) is 1. The normalized spacial score (nSPS) is 12.6. The number of esters is 1. The van der Waals surface area contributed by atoms with Gasteiger partial charge < -0.3 is 14.8 Å². The van der Waals surface area contributed by atoms with Crippen LogP contribution in [0.2, 0.25) is 0 Å². The van der Waals surface area contributed by atoms with E-state index in [1.165, 1.54) is 7.11 Å². The Labute approximate surface area is 168 Å². The molecule has 0 atom stereocenters. The number of benzene rings is 3. The number of para-hydroxylation sites is 1. The molecule has 0 unspecified atom stereocenters. The van der Waals surface area contributed by atoms with Gasteiger partial charge in [0.2, 0.25) is 0 Å². The van der Waals surface area contributed by atoms with E-state index in [-0.39, 0.29) is 5.78 Å². The Hall–Kier alpha value is -3.86. The zero-order valence-electron chi connectivity index (χ0n) is 16.1. The van der Waals surface area contributed by atoms with Gasteiger partial charge in [0.1, 0.15) is 5.75 Å². The molecule has 1 aliphatic carbocycles. The summed E-state index contributed by atoms with van der Waals surface area (Å²) in [5, 5.41) is 3.32. The Morgan fingerprint density at radius 1 is 0.828 bits per heavy atom. The number of hydrogen-bond acceptors (Lipinski definition) is 5. The minimum absolute atomic E-state index is 0.0659. The first-order chi connectivity index (χ1) is 14.1. The highest BCUT2D eigenvalue weighted by Crippen LogP contribution is 2.39. The van der Waals surface area contributed by atoms with Gasteiger partial charge in [0.15, 0.2) is 5.78 Å². The van der Waals surface area contributed by atoms with Gasteiger partial charge in [0.25, 0.3) is 0 Å². The Bertz CT molecular complexity index is 1130. The number of ketones is 1. The molecular weight excluding hydrogens is 366 g/mol. The predicted octanol–water partition coefficient (Wildman–Crippen LogP) is 4.66. The van der Waals surface area contributed by atoms with Crippen LogP contribution in [0.3, 0.4) is 0 Å². The standard InChI is InChI=1S/C24H19NO4/c1-28-16-13-11-15(12-14-16)21-22(17-7-3-4-8-18(17)23(21)26)25-20-10-6-5-9-19(20)24(27)29-2/h3-14,25H,1-2H3. The predicted molar refractivity (Wildman–Crippen MR) is 112 cm³/mol. The molecule has 0 aromatic heterocycles. The molecule has 0 fully saturated rings. The average Bonchev–Trinajstić information content (AvgIpc) is 3.05. The van der Waals surface area contributed by atoms with Crippen molar-refractivity contribution in [3.63, 3.8) is 0 Å². The van der Waals surface area contributed by atoms with E-state index in [1.807, 2.05) is 54.6 Å². The number of rotatable bonds is 5. The van der Waals surface area contributed by atoms with Crippen LogP contribution in [0.4, 0.5) is 5.69 Å². The third-order valence-electron chi connectivity index (χ3n) is 4.89. The molecule has 0 radical (unpaired) electrons. The number of carbonyl (C=O) groups is 2. The summed E-state index contributed by atoms with van der Waals surface area (Å²) in [6, 6.07) is 21.8. The largest absolute Gasteiger partial charge is 0.497 e. The fraction of sp³-hybridized carbons (Fsp3) is 0.0833. The third kappa shape index (κ3) is 3.27. The molecule has 0 amide bonds. The topological polar surface area (TPSA) is 64.6 Å². The van der Waals surface area contributed by atoms with E-state index in [0.29, 0.717) is 33.8 Å². The maximum Gasteiger partial charge on any atom is 0.339 e. The molecule has 5 nitrogen and oxygen atoms in total. The molecule has 144 valence electrons. The first kappa shape index (κ1) is 18.5. The summed E-state index contributed by atoms with van der Waals surface area (Å²) in [6.45, 7) is 0. The van der Waals surface area contributed by atoms with Crippen molar-refractivity contribution >= 4 is 28.7 Å². The number of carbonyl (C=O) groups excluding carboxylic acids is 2. The molecule has 29 heavy (non-hydrogen) atoms. The van der Waals surface area contributed by atoms with Crippen LogP contribution < -0.4 is 10.1 Å². The molecule has 0 saturated carbocycles. The zero-order chi connectivity index (χ0) is 20.4. The highest BCUT2D eigenvalue weighted by atomic mass is 16.5. The lowest BCUT2D eigenvalue weighted by atomic mass is 10.0. The molecule has 0 saturated heterocycles. The lowest BCUT2D eigenvalue weighted by Gasteiger charge is -2.14. The van der Waals surface area contributed by atoms with Crippen LogP contribution in [-0.4, -0.2) is 26.0 Å². The van der Waals surface area contributed by atoms with Gasteiger partial charge in [-0.05, 0) is 29.8 Å². The van der Waals surface area contributed by atoms with Crippen LogP contribution in [0.1, 0.15) is 31.8 Å². The highest BCUT2D eigenvalue weighted by molar-refractivity contribution is 6.40. The van der Waals surface area contributed by atoms with Crippen LogP contribution in [-0.2, 0) is 4.74 Å². The Morgan fingerprint density at radius 3 is 2.17 bits per heavy atom. The molecule has 3 aromatic carbocycles. The number of methoxy groups -OCH3 is 2. The number of ether oxygens (including phenoxy) is 2. The fourth-order valence-electron chi connectivity index (χ4n) is 3.46. The lowest BCUT2D eigenvalue weighted by molar-refractivity contribution is 0.0602. The quantitative estimate of drug-likeness (QED) is 0.647. The molecule has 5 heteroatoms. The maximum absolute atomic E-state index is 13.2. The van der Waals surface area contributed by atoms with Crippen LogP contribution in [0, 0.1) is 0 Å². The second kappa shape index (κ2) is 7.64. The summed E-state index contributed by atoms with van der Waals surface area (Å²) >= 11 is 0. The van der Waals surface area contributed by atoms with Gasteiger partial charge in [-0.2, -0.15) is 0 Å². The van der Waals surface area contributed by atoms with Gasteiger partial charge in [0, 0.05) is 11.1 Å².